The molecule has 1 atom stereocenters. The Kier molecular flexibility index (Phi) is 6.34. The molecule has 0 aromatic carbocycles. The first-order valence-corrected chi connectivity index (χ1v) is 15.3. The summed E-state index contributed by atoms with van der Waals surface area (Å²) < 4.78 is 11.9. The molecule has 214 valence electrons. The molecule has 5 heterocycles. The lowest BCUT2D eigenvalue weighted by atomic mass is 9.74. The van der Waals surface area contributed by atoms with Crippen LogP contribution in [0, 0.1) is 16.7 Å². The van der Waals surface area contributed by atoms with Crippen LogP contribution in [0.4, 0.5) is 16.9 Å². The maximum Gasteiger partial charge on any atom is 0.323 e. The number of aromatic nitrogens is 3. The maximum atomic E-state index is 10.8. The molecule has 0 amide bonds. The summed E-state index contributed by atoms with van der Waals surface area (Å²) in [5.41, 5.74) is 7.27. The van der Waals surface area contributed by atoms with Gasteiger partial charge in [0.25, 0.3) is 0 Å². The molecule has 3 aliphatic heterocycles. The lowest BCUT2D eigenvalue weighted by Gasteiger charge is -2.48. The van der Waals surface area contributed by atoms with E-state index in [1.165, 1.54) is 4.88 Å². The molecule has 11 nitrogen and oxygen atoms in total. The number of ether oxygens (including phenoxy) is 2. The van der Waals surface area contributed by atoms with Crippen molar-refractivity contribution in [2.75, 3.05) is 81.2 Å². The minimum absolute atomic E-state index is 0.0760. The molecule has 0 radical (unpaired) electrons. The minimum Gasteiger partial charge on any atom is -0.463 e. The van der Waals surface area contributed by atoms with Crippen LogP contribution in [-0.2, 0) is 16.6 Å². The average Bonchev–Trinajstić information content (AvgIpc) is 3.46. The SMILES string of the molecule is C[C@@]1(O)CCCN(c2nc(OCC3(CN4CCOCC4)CC3)nc(N3CC4(CCc5sc(N)c(C#N)c54)C3)n2)C1. The Bertz CT molecular complexity index is 1320. The summed E-state index contributed by atoms with van der Waals surface area (Å²) in [6.45, 7) is 9.74. The summed E-state index contributed by atoms with van der Waals surface area (Å²) >= 11 is 1.56. The maximum absolute atomic E-state index is 10.8. The fourth-order valence-electron chi connectivity index (χ4n) is 7.02. The van der Waals surface area contributed by atoms with Gasteiger partial charge >= 0.3 is 6.01 Å². The number of anilines is 3. The number of fused-ring (bicyclic) bond motifs is 2. The second kappa shape index (κ2) is 9.69. The Morgan fingerprint density at radius 3 is 2.50 bits per heavy atom. The van der Waals surface area contributed by atoms with Crippen molar-refractivity contribution < 1.29 is 14.6 Å². The van der Waals surface area contributed by atoms with Crippen LogP contribution in [0.15, 0.2) is 0 Å². The lowest BCUT2D eigenvalue weighted by Crippen LogP contribution is -2.59. The van der Waals surface area contributed by atoms with Crippen LogP contribution in [0.25, 0.3) is 0 Å². The number of hydrogen-bond donors (Lipinski definition) is 2. The topological polar surface area (TPSA) is 137 Å². The van der Waals surface area contributed by atoms with Crippen LogP contribution in [0.2, 0.25) is 0 Å². The van der Waals surface area contributed by atoms with E-state index in [0.717, 1.165) is 96.6 Å². The van der Waals surface area contributed by atoms with E-state index in [9.17, 15) is 10.4 Å². The van der Waals surface area contributed by atoms with Gasteiger partial charge in [-0.15, -0.1) is 11.3 Å². The third kappa shape index (κ3) is 4.76. The molecule has 12 heteroatoms. The highest BCUT2D eigenvalue weighted by molar-refractivity contribution is 7.16. The Balaban J connectivity index is 1.12. The second-order valence-corrected chi connectivity index (χ2v) is 13.9. The van der Waals surface area contributed by atoms with Gasteiger partial charge in [-0.25, -0.2) is 0 Å². The Morgan fingerprint density at radius 2 is 1.80 bits per heavy atom. The summed E-state index contributed by atoms with van der Waals surface area (Å²) in [5.74, 6) is 1.16. The fraction of sp³-hybridized carbons (Fsp3) is 0.714. The molecule has 5 aliphatic rings. The normalized spacial score (nSPS) is 26.8. The van der Waals surface area contributed by atoms with Crippen molar-refractivity contribution in [3.63, 3.8) is 0 Å². The highest BCUT2D eigenvalue weighted by Gasteiger charge is 2.52. The third-order valence-electron chi connectivity index (χ3n) is 9.43. The molecule has 2 aliphatic carbocycles. The van der Waals surface area contributed by atoms with Crippen molar-refractivity contribution in [3.8, 4) is 12.1 Å². The van der Waals surface area contributed by atoms with Gasteiger partial charge in [-0.1, -0.05) is 0 Å². The predicted molar refractivity (Wildman–Crippen MR) is 152 cm³/mol. The van der Waals surface area contributed by atoms with Gasteiger partial charge in [0.15, 0.2) is 0 Å². The van der Waals surface area contributed by atoms with Crippen LogP contribution in [0.1, 0.15) is 55.0 Å². The van der Waals surface area contributed by atoms with Gasteiger partial charge in [0.05, 0.1) is 31.0 Å². The fourth-order valence-corrected chi connectivity index (χ4v) is 8.15. The highest BCUT2D eigenvalue weighted by Crippen LogP contribution is 2.52. The monoisotopic (exact) mass is 566 g/mol. The molecule has 2 aromatic heterocycles. The number of nitrogen functional groups attached to an aromatic ring is 1. The number of aliphatic hydroxyl groups is 1. The van der Waals surface area contributed by atoms with Crippen molar-refractivity contribution in [1.29, 1.82) is 5.26 Å². The summed E-state index contributed by atoms with van der Waals surface area (Å²) in [7, 11) is 0. The number of aryl methyl sites for hydroxylation is 1. The van der Waals surface area contributed by atoms with Gasteiger partial charge in [-0.3, -0.25) is 4.90 Å². The largest absolute Gasteiger partial charge is 0.463 e. The van der Waals surface area contributed by atoms with Gasteiger partial charge in [0, 0.05) is 61.5 Å². The number of nitrogens with two attached hydrogens (primary N) is 1. The highest BCUT2D eigenvalue weighted by atomic mass is 32.1. The van der Waals surface area contributed by atoms with E-state index in [2.05, 4.69) is 20.8 Å². The predicted octanol–water partition coefficient (Wildman–Crippen LogP) is 1.93. The zero-order chi connectivity index (χ0) is 27.5. The Hall–Kier alpha value is -2.72. The van der Waals surface area contributed by atoms with Crippen LogP contribution in [0.5, 0.6) is 6.01 Å². The number of β-amino-alcohol motifs (C(OH)–C–C–N with tert-alkyl or cyclic N) is 1. The van der Waals surface area contributed by atoms with Gasteiger partial charge in [-0.2, -0.15) is 20.2 Å². The molecule has 40 heavy (non-hydrogen) atoms. The third-order valence-corrected chi connectivity index (χ3v) is 10.5. The van der Waals surface area contributed by atoms with Gasteiger partial charge in [0.1, 0.15) is 11.1 Å². The second-order valence-electron chi connectivity index (χ2n) is 12.8. The molecule has 7 rings (SSSR count). The van der Waals surface area contributed by atoms with Crippen molar-refractivity contribution in [2.45, 2.75) is 56.5 Å². The number of hydrogen-bond acceptors (Lipinski definition) is 12. The van der Waals surface area contributed by atoms with Gasteiger partial charge in [0.2, 0.25) is 11.9 Å². The lowest BCUT2D eigenvalue weighted by molar-refractivity contribution is 0.0231. The average molecular weight is 567 g/mol. The molecule has 1 spiro atoms. The number of thiophene rings is 1. The minimum atomic E-state index is -0.782. The van der Waals surface area contributed by atoms with Crippen molar-refractivity contribution >= 4 is 28.2 Å². The summed E-state index contributed by atoms with van der Waals surface area (Å²) in [5, 5.41) is 21.2. The number of rotatable bonds is 7. The van der Waals surface area contributed by atoms with Crippen molar-refractivity contribution in [2.24, 2.45) is 5.41 Å². The molecule has 3 saturated heterocycles. The summed E-state index contributed by atoms with van der Waals surface area (Å²) in [6.07, 6.45) is 5.90. The van der Waals surface area contributed by atoms with Crippen LogP contribution < -0.4 is 20.3 Å². The standard InChI is InChI=1S/C28H38N8O3S/c1-26(37)4-2-8-35(14-26)23-31-24(36-16-28(17-36)5-3-20-21(28)19(13-29)22(30)40-20)33-25(32-23)39-18-27(6-7-27)15-34-9-11-38-12-10-34/h37H,2-12,14-18,30H2,1H3/t26-/m1/s1. The summed E-state index contributed by atoms with van der Waals surface area (Å²) in [6, 6.07) is 2.70. The van der Waals surface area contributed by atoms with Crippen LogP contribution in [-0.4, -0.2) is 96.2 Å². The quantitative estimate of drug-likeness (QED) is 0.509. The van der Waals surface area contributed by atoms with Crippen molar-refractivity contribution in [1.82, 2.24) is 19.9 Å². The van der Waals surface area contributed by atoms with Gasteiger partial charge < -0.3 is 30.1 Å². The number of morpholine rings is 1. The van der Waals surface area contributed by atoms with E-state index >= 15 is 0 Å². The molecule has 1 saturated carbocycles. The number of nitriles is 1. The molecular weight excluding hydrogens is 528 g/mol. The molecule has 0 bridgehead atoms. The number of nitrogens with zero attached hydrogens (tertiary/aromatic N) is 7. The van der Waals surface area contributed by atoms with Crippen molar-refractivity contribution in [3.05, 3.63) is 16.0 Å². The van der Waals surface area contributed by atoms with E-state index in [1.807, 2.05) is 6.92 Å². The zero-order valence-electron chi connectivity index (χ0n) is 23.2. The van der Waals surface area contributed by atoms with Crippen LogP contribution >= 0.6 is 11.3 Å². The van der Waals surface area contributed by atoms with E-state index in [0.29, 0.717) is 41.6 Å². The first-order chi connectivity index (χ1) is 19.3. The van der Waals surface area contributed by atoms with Crippen LogP contribution in [0.3, 0.4) is 0 Å². The first kappa shape index (κ1) is 26.2. The van der Waals surface area contributed by atoms with E-state index < -0.39 is 5.60 Å². The molecule has 4 fully saturated rings. The first-order valence-electron chi connectivity index (χ1n) is 14.5. The Labute approximate surface area is 238 Å². The van der Waals surface area contributed by atoms with Gasteiger partial charge in [-0.05, 0) is 51.0 Å². The Morgan fingerprint density at radius 1 is 1.05 bits per heavy atom. The summed E-state index contributed by atoms with van der Waals surface area (Å²) in [4.78, 5) is 22.4. The molecule has 0 unspecified atom stereocenters. The van der Waals surface area contributed by atoms with E-state index in [-0.39, 0.29) is 10.8 Å². The molecule has 2 aromatic rings. The van der Waals surface area contributed by atoms with E-state index in [4.69, 9.17) is 30.2 Å². The van der Waals surface area contributed by atoms with E-state index in [1.54, 1.807) is 11.3 Å². The smallest absolute Gasteiger partial charge is 0.323 e. The molecule has 3 N–H and O–H groups in total. The number of piperidine rings is 1. The zero-order valence-corrected chi connectivity index (χ0v) is 24.0. The molecular formula is C28H38N8O3S.